The van der Waals surface area contributed by atoms with Crippen molar-refractivity contribution in [2.45, 2.75) is 32.4 Å². The summed E-state index contributed by atoms with van der Waals surface area (Å²) in [4.78, 5) is 2.50. The summed E-state index contributed by atoms with van der Waals surface area (Å²) < 4.78 is 10.7. The molecule has 0 spiro atoms. The van der Waals surface area contributed by atoms with Crippen molar-refractivity contribution in [1.29, 1.82) is 0 Å². The standard InChI is InChI=1S/C16H26N2O2/c1-11(17)14-7-8-18(10-14)12(2)13-5-6-15(19-3)16(9-13)20-4/h5-6,9,11-12,14H,7-8,10,17H2,1-4H3. The predicted octanol–water partition coefficient (Wildman–Crippen LogP) is 2.43. The maximum absolute atomic E-state index is 6.02. The number of nitrogens with two attached hydrogens (primary N) is 1. The number of rotatable bonds is 5. The van der Waals surface area contributed by atoms with Gasteiger partial charge in [-0.1, -0.05) is 6.07 Å². The number of hydrogen-bond donors (Lipinski definition) is 1. The van der Waals surface area contributed by atoms with Gasteiger partial charge < -0.3 is 15.2 Å². The van der Waals surface area contributed by atoms with E-state index >= 15 is 0 Å². The highest BCUT2D eigenvalue weighted by atomic mass is 16.5. The van der Waals surface area contributed by atoms with Gasteiger partial charge in [0.2, 0.25) is 0 Å². The van der Waals surface area contributed by atoms with E-state index in [-0.39, 0.29) is 6.04 Å². The van der Waals surface area contributed by atoms with Crippen molar-refractivity contribution >= 4 is 0 Å². The summed E-state index contributed by atoms with van der Waals surface area (Å²) in [6.07, 6.45) is 1.19. The van der Waals surface area contributed by atoms with Crippen molar-refractivity contribution in [3.05, 3.63) is 23.8 Å². The Labute approximate surface area is 121 Å². The van der Waals surface area contributed by atoms with Crippen molar-refractivity contribution in [2.75, 3.05) is 27.3 Å². The van der Waals surface area contributed by atoms with Crippen molar-refractivity contribution in [1.82, 2.24) is 4.90 Å². The number of nitrogens with zero attached hydrogens (tertiary/aromatic N) is 1. The second-order valence-corrected chi connectivity index (χ2v) is 5.69. The zero-order valence-corrected chi connectivity index (χ0v) is 12.9. The van der Waals surface area contributed by atoms with Crippen LogP contribution in [-0.4, -0.2) is 38.3 Å². The Morgan fingerprint density at radius 1 is 1.20 bits per heavy atom. The number of likely N-dealkylation sites (tertiary alicyclic amines) is 1. The molecule has 2 N–H and O–H groups in total. The topological polar surface area (TPSA) is 47.7 Å². The molecule has 0 amide bonds. The second kappa shape index (κ2) is 6.46. The average molecular weight is 278 g/mol. The van der Waals surface area contributed by atoms with E-state index in [4.69, 9.17) is 15.2 Å². The number of methoxy groups -OCH3 is 2. The summed E-state index contributed by atoms with van der Waals surface area (Å²) in [7, 11) is 3.34. The zero-order chi connectivity index (χ0) is 14.7. The number of benzene rings is 1. The summed E-state index contributed by atoms with van der Waals surface area (Å²) in [6, 6.07) is 6.81. The Morgan fingerprint density at radius 2 is 1.90 bits per heavy atom. The highest BCUT2D eigenvalue weighted by Crippen LogP contribution is 2.34. The quantitative estimate of drug-likeness (QED) is 0.898. The van der Waals surface area contributed by atoms with Crippen LogP contribution in [0.2, 0.25) is 0 Å². The Hall–Kier alpha value is -1.26. The second-order valence-electron chi connectivity index (χ2n) is 5.69. The van der Waals surface area contributed by atoms with Gasteiger partial charge in [-0.2, -0.15) is 0 Å². The summed E-state index contributed by atoms with van der Waals surface area (Å²) >= 11 is 0. The predicted molar refractivity (Wildman–Crippen MR) is 81.3 cm³/mol. The van der Waals surface area contributed by atoms with Gasteiger partial charge in [0.1, 0.15) is 0 Å². The highest BCUT2D eigenvalue weighted by molar-refractivity contribution is 5.43. The van der Waals surface area contributed by atoms with E-state index < -0.39 is 0 Å². The van der Waals surface area contributed by atoms with Crippen LogP contribution in [0, 0.1) is 5.92 Å². The lowest BCUT2D eigenvalue weighted by atomic mass is 10.0. The third-order valence-electron chi connectivity index (χ3n) is 4.44. The van der Waals surface area contributed by atoms with Gasteiger partial charge >= 0.3 is 0 Å². The molecule has 1 aromatic carbocycles. The van der Waals surface area contributed by atoms with Crippen LogP contribution in [0.25, 0.3) is 0 Å². The first-order valence-electron chi connectivity index (χ1n) is 7.28. The van der Waals surface area contributed by atoms with Crippen LogP contribution in [0.15, 0.2) is 18.2 Å². The minimum Gasteiger partial charge on any atom is -0.493 e. The van der Waals surface area contributed by atoms with E-state index in [2.05, 4.69) is 30.9 Å². The molecule has 1 aliphatic heterocycles. The molecule has 1 fully saturated rings. The molecule has 0 radical (unpaired) electrons. The Balaban J connectivity index is 2.11. The largest absolute Gasteiger partial charge is 0.493 e. The first-order chi connectivity index (χ1) is 9.56. The minimum atomic E-state index is 0.276. The third-order valence-corrected chi connectivity index (χ3v) is 4.44. The molecular weight excluding hydrogens is 252 g/mol. The van der Waals surface area contributed by atoms with Crippen LogP contribution >= 0.6 is 0 Å². The molecule has 4 nitrogen and oxygen atoms in total. The minimum absolute atomic E-state index is 0.276. The first-order valence-corrected chi connectivity index (χ1v) is 7.28. The molecule has 0 aliphatic carbocycles. The molecule has 0 saturated carbocycles. The van der Waals surface area contributed by atoms with Crippen LogP contribution in [0.4, 0.5) is 0 Å². The molecule has 2 rings (SSSR count). The SMILES string of the molecule is COc1ccc(C(C)N2CCC(C(C)N)C2)cc1OC. The van der Waals surface area contributed by atoms with Gasteiger partial charge in [-0.15, -0.1) is 0 Å². The third kappa shape index (κ3) is 3.07. The van der Waals surface area contributed by atoms with Gasteiger partial charge in [0.05, 0.1) is 14.2 Å². The molecular formula is C16H26N2O2. The molecule has 1 aliphatic rings. The Bertz CT molecular complexity index is 448. The van der Waals surface area contributed by atoms with Crippen molar-refractivity contribution < 1.29 is 9.47 Å². The zero-order valence-electron chi connectivity index (χ0n) is 12.9. The van der Waals surface area contributed by atoms with Gasteiger partial charge in [-0.05, 0) is 50.4 Å². The maximum Gasteiger partial charge on any atom is 0.161 e. The Kier molecular flexibility index (Phi) is 4.89. The van der Waals surface area contributed by atoms with Gasteiger partial charge in [-0.25, -0.2) is 0 Å². The van der Waals surface area contributed by atoms with Gasteiger partial charge in [0.15, 0.2) is 11.5 Å². The lowest BCUT2D eigenvalue weighted by Crippen LogP contribution is -2.31. The normalized spacial score (nSPS) is 22.6. The van der Waals surface area contributed by atoms with Gasteiger partial charge in [0, 0.05) is 18.6 Å². The fourth-order valence-corrected chi connectivity index (χ4v) is 2.92. The van der Waals surface area contributed by atoms with Crippen LogP contribution in [-0.2, 0) is 0 Å². The van der Waals surface area contributed by atoms with E-state index in [1.54, 1.807) is 14.2 Å². The molecule has 3 unspecified atom stereocenters. The highest BCUT2D eigenvalue weighted by Gasteiger charge is 2.29. The molecule has 112 valence electrons. The molecule has 20 heavy (non-hydrogen) atoms. The lowest BCUT2D eigenvalue weighted by Gasteiger charge is -2.26. The Morgan fingerprint density at radius 3 is 2.45 bits per heavy atom. The first kappa shape index (κ1) is 15.1. The van der Waals surface area contributed by atoms with Crippen molar-refractivity contribution in [2.24, 2.45) is 11.7 Å². The lowest BCUT2D eigenvalue weighted by molar-refractivity contribution is 0.247. The summed E-state index contributed by atoms with van der Waals surface area (Å²) in [5.41, 5.74) is 7.28. The van der Waals surface area contributed by atoms with Crippen molar-refractivity contribution in [3.8, 4) is 11.5 Å². The fraction of sp³-hybridized carbons (Fsp3) is 0.625. The van der Waals surface area contributed by atoms with Crippen LogP contribution in [0.1, 0.15) is 31.9 Å². The molecule has 1 saturated heterocycles. The summed E-state index contributed by atoms with van der Waals surface area (Å²) in [5, 5.41) is 0. The molecule has 1 heterocycles. The van der Waals surface area contributed by atoms with E-state index in [1.165, 1.54) is 12.0 Å². The van der Waals surface area contributed by atoms with E-state index in [9.17, 15) is 0 Å². The maximum atomic E-state index is 6.02. The fourth-order valence-electron chi connectivity index (χ4n) is 2.92. The number of hydrogen-bond acceptors (Lipinski definition) is 4. The van der Waals surface area contributed by atoms with Crippen molar-refractivity contribution in [3.63, 3.8) is 0 Å². The molecule has 0 bridgehead atoms. The average Bonchev–Trinajstić information content (AvgIpc) is 2.95. The summed E-state index contributed by atoms with van der Waals surface area (Å²) in [5.74, 6) is 2.18. The molecule has 0 aromatic heterocycles. The molecule has 3 atom stereocenters. The van der Waals surface area contributed by atoms with Gasteiger partial charge in [-0.3, -0.25) is 4.90 Å². The van der Waals surface area contributed by atoms with E-state index in [0.29, 0.717) is 12.0 Å². The van der Waals surface area contributed by atoms with Crippen LogP contribution in [0.5, 0.6) is 11.5 Å². The molecule has 4 heteroatoms. The van der Waals surface area contributed by atoms with Crippen LogP contribution < -0.4 is 15.2 Å². The smallest absolute Gasteiger partial charge is 0.161 e. The van der Waals surface area contributed by atoms with Gasteiger partial charge in [0.25, 0.3) is 0 Å². The van der Waals surface area contributed by atoms with E-state index in [0.717, 1.165) is 24.6 Å². The van der Waals surface area contributed by atoms with Crippen LogP contribution in [0.3, 0.4) is 0 Å². The number of ether oxygens (including phenoxy) is 2. The summed E-state index contributed by atoms with van der Waals surface area (Å²) in [6.45, 7) is 6.54. The monoisotopic (exact) mass is 278 g/mol. The molecule has 1 aromatic rings. The van der Waals surface area contributed by atoms with E-state index in [1.807, 2.05) is 6.07 Å².